The molecule has 5 aromatic carbocycles. The van der Waals surface area contributed by atoms with Crippen LogP contribution in [0.1, 0.15) is 51.7 Å². The van der Waals surface area contributed by atoms with Crippen LogP contribution in [-0.2, 0) is 5.41 Å². The molecule has 8 aromatic rings. The molecule has 256 valence electrons. The first-order valence-corrected chi connectivity index (χ1v) is 18.0. The summed E-state index contributed by atoms with van der Waals surface area (Å²) in [6.07, 6.45) is 1.91. The highest BCUT2D eigenvalue weighted by atomic mass is 16.5. The Morgan fingerprint density at radius 1 is 0.577 bits per heavy atom. The van der Waals surface area contributed by atoms with Crippen LogP contribution in [0.25, 0.3) is 77.8 Å². The third-order valence-corrected chi connectivity index (χ3v) is 10.1. The molecule has 8 rings (SSSR count). The van der Waals surface area contributed by atoms with Gasteiger partial charge in [0.1, 0.15) is 5.75 Å². The van der Waals surface area contributed by atoms with Crippen LogP contribution in [0.4, 0.5) is 0 Å². The Labute approximate surface area is 306 Å². The van der Waals surface area contributed by atoms with Crippen LogP contribution in [-0.4, -0.2) is 22.1 Å². The van der Waals surface area contributed by atoms with Gasteiger partial charge in [-0.1, -0.05) is 120 Å². The van der Waals surface area contributed by atoms with Gasteiger partial charge in [-0.2, -0.15) is 0 Å². The second kappa shape index (κ2) is 13.3. The minimum atomic E-state index is 0.0106. The van der Waals surface area contributed by atoms with Crippen molar-refractivity contribution in [3.63, 3.8) is 0 Å². The van der Waals surface area contributed by atoms with Gasteiger partial charge in [0.15, 0.2) is 0 Å². The highest BCUT2D eigenvalue weighted by molar-refractivity contribution is 6.11. The summed E-state index contributed by atoms with van der Waals surface area (Å²) in [7, 11) is 1.72. The molecule has 0 saturated carbocycles. The highest BCUT2D eigenvalue weighted by Gasteiger charge is 2.19. The third kappa shape index (κ3) is 6.26. The van der Waals surface area contributed by atoms with Crippen molar-refractivity contribution in [3.8, 4) is 61.8 Å². The number of rotatable bonds is 7. The number of H-pyrrole nitrogens is 1. The van der Waals surface area contributed by atoms with Crippen LogP contribution in [0.15, 0.2) is 140 Å². The number of nitrogens with zero attached hydrogens (tertiary/aromatic N) is 2. The number of fused-ring (bicyclic) bond motifs is 3. The van der Waals surface area contributed by atoms with Crippen molar-refractivity contribution >= 4 is 21.8 Å². The summed E-state index contributed by atoms with van der Waals surface area (Å²) in [6, 6.07) is 47.4. The van der Waals surface area contributed by atoms with Crippen molar-refractivity contribution in [3.05, 3.63) is 151 Å². The van der Waals surface area contributed by atoms with E-state index in [0.29, 0.717) is 5.92 Å². The van der Waals surface area contributed by atoms with Gasteiger partial charge in [-0.15, -0.1) is 0 Å². The van der Waals surface area contributed by atoms with Crippen molar-refractivity contribution in [2.45, 2.75) is 46.0 Å². The Bertz CT molecular complexity index is 2590. The van der Waals surface area contributed by atoms with Gasteiger partial charge in [-0.3, -0.25) is 4.98 Å². The number of aromatic nitrogens is 3. The molecule has 3 heterocycles. The zero-order chi connectivity index (χ0) is 36.0. The van der Waals surface area contributed by atoms with Crippen molar-refractivity contribution in [2.75, 3.05) is 7.11 Å². The molecule has 52 heavy (non-hydrogen) atoms. The minimum Gasteiger partial charge on any atom is -0.496 e. The monoisotopic (exact) mass is 677 g/mol. The van der Waals surface area contributed by atoms with E-state index in [-0.39, 0.29) is 5.41 Å². The fraction of sp³-hybridized carbons (Fsp3) is 0.167. The van der Waals surface area contributed by atoms with Crippen LogP contribution in [0.5, 0.6) is 5.75 Å². The summed E-state index contributed by atoms with van der Waals surface area (Å²) in [5.74, 6) is 1.20. The fourth-order valence-electron chi connectivity index (χ4n) is 7.13. The summed E-state index contributed by atoms with van der Waals surface area (Å²) in [5, 5.41) is 2.45. The molecule has 0 aliphatic carbocycles. The van der Waals surface area contributed by atoms with E-state index in [0.717, 1.165) is 67.2 Å². The lowest BCUT2D eigenvalue weighted by Gasteiger charge is -2.23. The number of hydrogen-bond acceptors (Lipinski definition) is 3. The average molecular weight is 678 g/mol. The van der Waals surface area contributed by atoms with Crippen molar-refractivity contribution in [2.24, 2.45) is 0 Å². The fourth-order valence-corrected chi connectivity index (χ4v) is 7.13. The van der Waals surface area contributed by atoms with Crippen LogP contribution < -0.4 is 4.74 Å². The molecule has 0 bridgehead atoms. The van der Waals surface area contributed by atoms with Gasteiger partial charge in [0, 0.05) is 44.7 Å². The zero-order valence-electron chi connectivity index (χ0n) is 30.7. The maximum atomic E-state index is 5.82. The first-order chi connectivity index (χ1) is 25.2. The molecule has 0 aliphatic heterocycles. The second-order valence-corrected chi connectivity index (χ2v) is 15.0. The smallest absolute Gasteiger partial charge is 0.128 e. The first-order valence-electron chi connectivity index (χ1n) is 18.0. The van der Waals surface area contributed by atoms with Crippen molar-refractivity contribution in [1.29, 1.82) is 0 Å². The van der Waals surface area contributed by atoms with E-state index in [2.05, 4.69) is 155 Å². The molecule has 0 unspecified atom stereocenters. The molecule has 0 saturated heterocycles. The molecule has 0 fully saturated rings. The number of ether oxygens (including phenoxy) is 1. The molecule has 0 radical (unpaired) electrons. The molecule has 3 aromatic heterocycles. The van der Waals surface area contributed by atoms with E-state index < -0.39 is 0 Å². The van der Waals surface area contributed by atoms with Gasteiger partial charge < -0.3 is 9.72 Å². The number of benzene rings is 5. The summed E-state index contributed by atoms with van der Waals surface area (Å²) in [4.78, 5) is 13.8. The van der Waals surface area contributed by atoms with Gasteiger partial charge in [0.05, 0.1) is 29.7 Å². The second-order valence-electron chi connectivity index (χ2n) is 15.0. The Morgan fingerprint density at radius 3 is 2.06 bits per heavy atom. The normalized spacial score (nSPS) is 11.8. The Balaban J connectivity index is 1.26. The summed E-state index contributed by atoms with van der Waals surface area (Å²) < 4.78 is 5.82. The molecule has 4 heteroatoms. The lowest BCUT2D eigenvalue weighted by atomic mass is 9.82. The Morgan fingerprint density at radius 2 is 1.25 bits per heavy atom. The molecule has 4 nitrogen and oxygen atoms in total. The number of hydrogen-bond donors (Lipinski definition) is 1. The molecule has 0 amide bonds. The minimum absolute atomic E-state index is 0.0106. The Kier molecular flexibility index (Phi) is 8.47. The average Bonchev–Trinajstić information content (AvgIpc) is 3.56. The lowest BCUT2D eigenvalue weighted by Crippen LogP contribution is -2.12. The number of methoxy groups -OCH3 is 1. The highest BCUT2D eigenvalue weighted by Crippen LogP contribution is 2.39. The summed E-state index contributed by atoms with van der Waals surface area (Å²) in [5.41, 5.74) is 15.2. The van der Waals surface area contributed by atoms with E-state index in [4.69, 9.17) is 14.7 Å². The van der Waals surface area contributed by atoms with Crippen molar-refractivity contribution in [1.82, 2.24) is 15.0 Å². The first kappa shape index (κ1) is 33.2. The Hall–Kier alpha value is -6.00. The number of para-hydroxylation sites is 3. The summed E-state index contributed by atoms with van der Waals surface area (Å²) >= 11 is 0. The van der Waals surface area contributed by atoms with Crippen LogP contribution in [0.3, 0.4) is 0 Å². The third-order valence-electron chi connectivity index (χ3n) is 10.1. The largest absolute Gasteiger partial charge is 0.496 e. The molecule has 1 N–H and O–H groups in total. The lowest BCUT2D eigenvalue weighted by molar-refractivity contribution is 0.416. The number of nitrogens with one attached hydrogen (secondary N) is 1. The molecule has 0 atom stereocenters. The van der Waals surface area contributed by atoms with Gasteiger partial charge in [-0.05, 0) is 87.7 Å². The summed E-state index contributed by atoms with van der Waals surface area (Å²) in [6.45, 7) is 11.4. The standard InChI is InChI=1S/C48H43N3O/c1-30(2)34-24-35(26-37(25-34)48(3,4)5)36-28-44(50-45(29-36)41-16-8-10-20-46(41)52-6)33-14-11-13-32(23-33)43-27-31(21-22-49-43)38-17-12-18-40-39-15-7-9-19-42(39)51-47(38)40/h7-30,51H,1-6H3. The zero-order valence-corrected chi connectivity index (χ0v) is 30.7. The van der Waals surface area contributed by atoms with Crippen LogP contribution >= 0.6 is 0 Å². The molecular formula is C48H43N3O. The molecular weight excluding hydrogens is 635 g/mol. The van der Waals surface area contributed by atoms with Crippen molar-refractivity contribution < 1.29 is 4.74 Å². The quantitative estimate of drug-likeness (QED) is 0.183. The number of pyridine rings is 2. The van der Waals surface area contributed by atoms with E-state index in [1.165, 1.54) is 27.5 Å². The predicted molar refractivity (Wildman–Crippen MR) is 218 cm³/mol. The van der Waals surface area contributed by atoms with E-state index in [9.17, 15) is 0 Å². The van der Waals surface area contributed by atoms with E-state index >= 15 is 0 Å². The molecule has 0 aliphatic rings. The van der Waals surface area contributed by atoms with E-state index in [1.54, 1.807) is 7.11 Å². The van der Waals surface area contributed by atoms with Gasteiger partial charge in [-0.25, -0.2) is 4.98 Å². The maximum Gasteiger partial charge on any atom is 0.128 e. The number of aromatic amines is 1. The SMILES string of the molecule is COc1ccccc1-c1cc(-c2cc(C(C)C)cc(C(C)(C)C)c2)cc(-c2cccc(-c3cc(-c4cccc5c4[nH]c4ccccc45)ccn3)c2)n1. The topological polar surface area (TPSA) is 50.8 Å². The van der Waals surface area contributed by atoms with Gasteiger partial charge in [0.2, 0.25) is 0 Å². The maximum absolute atomic E-state index is 5.82. The van der Waals surface area contributed by atoms with Crippen LogP contribution in [0, 0.1) is 0 Å². The molecule has 0 spiro atoms. The predicted octanol–water partition coefficient (Wildman–Crippen LogP) is 12.9. The van der Waals surface area contributed by atoms with Crippen LogP contribution in [0.2, 0.25) is 0 Å². The van der Waals surface area contributed by atoms with E-state index in [1.807, 2.05) is 24.4 Å². The van der Waals surface area contributed by atoms with Gasteiger partial charge in [0.25, 0.3) is 0 Å². The van der Waals surface area contributed by atoms with Gasteiger partial charge >= 0.3 is 0 Å².